The molecule has 1 aliphatic rings. The number of nitrogens with one attached hydrogen (secondary N) is 1. The number of aromatic amines is 1. The maximum absolute atomic E-state index is 5.78. The molecule has 0 saturated heterocycles. The third-order valence-electron chi connectivity index (χ3n) is 5.38. The molecule has 0 amide bonds. The van der Waals surface area contributed by atoms with Crippen molar-refractivity contribution >= 4 is 0 Å². The summed E-state index contributed by atoms with van der Waals surface area (Å²) in [6, 6.07) is 0. The van der Waals surface area contributed by atoms with Crippen LogP contribution in [0.3, 0.4) is 0 Å². The first-order valence-electron chi connectivity index (χ1n) is 9.70. The predicted octanol–water partition coefficient (Wildman–Crippen LogP) is 2.52. The van der Waals surface area contributed by atoms with E-state index < -0.39 is 0 Å². The van der Waals surface area contributed by atoms with E-state index >= 15 is 0 Å². The molecule has 25 heavy (non-hydrogen) atoms. The van der Waals surface area contributed by atoms with Gasteiger partial charge in [-0.3, -0.25) is 5.10 Å². The molecule has 0 unspecified atom stereocenters. The smallest absolute Gasteiger partial charge is 0.0544 e. The van der Waals surface area contributed by atoms with Gasteiger partial charge in [-0.25, -0.2) is 0 Å². The van der Waals surface area contributed by atoms with Gasteiger partial charge < -0.3 is 20.1 Å². The summed E-state index contributed by atoms with van der Waals surface area (Å²) in [4.78, 5) is 2.26. The lowest BCUT2D eigenvalue weighted by molar-refractivity contribution is -0.0397. The van der Waals surface area contributed by atoms with Crippen LogP contribution in [0.15, 0.2) is 6.20 Å². The number of ether oxygens (including phenoxy) is 2. The molecule has 1 aromatic heterocycles. The van der Waals surface area contributed by atoms with Gasteiger partial charge in [0.15, 0.2) is 0 Å². The van der Waals surface area contributed by atoms with E-state index in [1.165, 1.54) is 11.3 Å². The van der Waals surface area contributed by atoms with Gasteiger partial charge in [-0.1, -0.05) is 0 Å². The monoisotopic (exact) mass is 352 g/mol. The zero-order valence-electron chi connectivity index (χ0n) is 16.2. The van der Waals surface area contributed by atoms with Gasteiger partial charge in [-0.2, -0.15) is 5.10 Å². The van der Waals surface area contributed by atoms with Gasteiger partial charge in [0, 0.05) is 55.4 Å². The van der Waals surface area contributed by atoms with Crippen molar-refractivity contribution in [2.24, 2.45) is 11.1 Å². The largest absolute Gasteiger partial charge is 0.381 e. The molecule has 1 saturated carbocycles. The molecule has 0 radical (unpaired) electrons. The van der Waals surface area contributed by atoms with Gasteiger partial charge in [0.2, 0.25) is 0 Å². The third kappa shape index (κ3) is 5.78. The van der Waals surface area contributed by atoms with E-state index in [0.717, 1.165) is 65.2 Å². The zero-order valence-corrected chi connectivity index (χ0v) is 16.2. The summed E-state index contributed by atoms with van der Waals surface area (Å²) in [6.45, 7) is 9.79. The lowest BCUT2D eigenvalue weighted by Gasteiger charge is -2.39. The molecule has 1 aromatic rings. The Morgan fingerprint density at radius 2 is 1.88 bits per heavy atom. The van der Waals surface area contributed by atoms with Crippen LogP contribution in [-0.2, 0) is 16.0 Å². The molecule has 0 bridgehead atoms. The number of nitrogens with zero attached hydrogens (tertiary/aromatic N) is 2. The van der Waals surface area contributed by atoms with Crippen LogP contribution in [0, 0.1) is 5.41 Å². The Bertz CT molecular complexity index is 474. The molecule has 1 fully saturated rings. The molecule has 144 valence electrons. The molecule has 1 heterocycles. The second-order valence-corrected chi connectivity index (χ2v) is 7.38. The number of likely N-dealkylation sites (N-methyl/N-ethyl adjacent to an activating group) is 1. The second-order valence-electron chi connectivity index (χ2n) is 7.38. The van der Waals surface area contributed by atoms with E-state index in [1.54, 1.807) is 0 Å². The minimum absolute atomic E-state index is 0.180. The summed E-state index contributed by atoms with van der Waals surface area (Å²) < 4.78 is 11.6. The lowest BCUT2D eigenvalue weighted by Crippen LogP contribution is -2.36. The summed E-state index contributed by atoms with van der Waals surface area (Å²) in [5, 5.41) is 7.58. The minimum atomic E-state index is 0.180. The van der Waals surface area contributed by atoms with Crippen molar-refractivity contribution in [3.05, 3.63) is 17.5 Å². The predicted molar refractivity (Wildman–Crippen MR) is 101 cm³/mol. The lowest BCUT2D eigenvalue weighted by atomic mass is 9.70. The number of rotatable bonds is 11. The Morgan fingerprint density at radius 3 is 2.44 bits per heavy atom. The highest BCUT2D eigenvalue weighted by molar-refractivity contribution is 5.21. The van der Waals surface area contributed by atoms with Gasteiger partial charge in [0.1, 0.15) is 0 Å². The molecule has 0 spiro atoms. The number of H-pyrrole nitrogens is 1. The molecule has 2 rings (SSSR count). The first kappa shape index (κ1) is 20.4. The first-order chi connectivity index (χ1) is 12.1. The van der Waals surface area contributed by atoms with E-state index in [1.807, 2.05) is 6.20 Å². The standard InChI is InChI=1S/C19H36N4O2/c1-4-24-14-19(15-25-5-2)8-6-16(7-9-19)18-17(12-21-22-18)13-23(3)11-10-20/h12,16H,4-11,13-15,20H2,1-3H3,(H,21,22). The molecule has 6 nitrogen and oxygen atoms in total. The Morgan fingerprint density at radius 1 is 1.24 bits per heavy atom. The number of hydrogen-bond acceptors (Lipinski definition) is 5. The second kappa shape index (κ2) is 10.3. The van der Waals surface area contributed by atoms with Crippen LogP contribution in [0.2, 0.25) is 0 Å². The van der Waals surface area contributed by atoms with Crippen molar-refractivity contribution in [2.75, 3.05) is 46.6 Å². The van der Waals surface area contributed by atoms with Crippen molar-refractivity contribution in [3.8, 4) is 0 Å². The van der Waals surface area contributed by atoms with E-state index in [0.29, 0.717) is 12.5 Å². The van der Waals surface area contributed by atoms with Crippen molar-refractivity contribution in [2.45, 2.75) is 52.0 Å². The highest BCUT2D eigenvalue weighted by atomic mass is 16.5. The van der Waals surface area contributed by atoms with Gasteiger partial charge in [-0.05, 0) is 46.6 Å². The molecule has 3 N–H and O–H groups in total. The van der Waals surface area contributed by atoms with E-state index in [9.17, 15) is 0 Å². The maximum Gasteiger partial charge on any atom is 0.0544 e. The highest BCUT2D eigenvalue weighted by Crippen LogP contribution is 2.43. The van der Waals surface area contributed by atoms with Crippen LogP contribution in [0.5, 0.6) is 0 Å². The normalized spacial score (nSPS) is 18.1. The fourth-order valence-electron chi connectivity index (χ4n) is 3.88. The van der Waals surface area contributed by atoms with E-state index in [-0.39, 0.29) is 5.41 Å². The van der Waals surface area contributed by atoms with Crippen molar-refractivity contribution in [1.29, 1.82) is 0 Å². The number of aromatic nitrogens is 2. The number of nitrogens with two attached hydrogens (primary N) is 1. The molecule has 0 aromatic carbocycles. The molecule has 0 atom stereocenters. The van der Waals surface area contributed by atoms with Crippen LogP contribution in [0.1, 0.15) is 56.7 Å². The number of hydrogen-bond donors (Lipinski definition) is 2. The topological polar surface area (TPSA) is 76.4 Å². The fourth-order valence-corrected chi connectivity index (χ4v) is 3.88. The van der Waals surface area contributed by atoms with Gasteiger partial charge in [0.25, 0.3) is 0 Å². The van der Waals surface area contributed by atoms with Crippen LogP contribution in [-0.4, -0.2) is 61.7 Å². The average molecular weight is 353 g/mol. The Labute approximate surface area is 152 Å². The van der Waals surface area contributed by atoms with Gasteiger partial charge in [0.05, 0.1) is 19.4 Å². The van der Waals surface area contributed by atoms with Crippen molar-refractivity contribution in [3.63, 3.8) is 0 Å². The Hall–Kier alpha value is -0.950. The van der Waals surface area contributed by atoms with Crippen LogP contribution < -0.4 is 5.73 Å². The zero-order chi connectivity index (χ0) is 18.1. The highest BCUT2D eigenvalue weighted by Gasteiger charge is 2.37. The molecule has 1 aliphatic carbocycles. The summed E-state index contributed by atoms with van der Waals surface area (Å²) in [6.07, 6.45) is 6.60. The average Bonchev–Trinajstić information content (AvgIpc) is 3.07. The summed E-state index contributed by atoms with van der Waals surface area (Å²) in [5.74, 6) is 0.556. The maximum atomic E-state index is 5.78. The van der Waals surface area contributed by atoms with Gasteiger partial charge in [-0.15, -0.1) is 0 Å². The fraction of sp³-hybridized carbons (Fsp3) is 0.842. The quantitative estimate of drug-likeness (QED) is 0.640. The van der Waals surface area contributed by atoms with Crippen LogP contribution in [0.25, 0.3) is 0 Å². The van der Waals surface area contributed by atoms with Gasteiger partial charge >= 0.3 is 0 Å². The van der Waals surface area contributed by atoms with Crippen LogP contribution >= 0.6 is 0 Å². The third-order valence-corrected chi connectivity index (χ3v) is 5.38. The summed E-state index contributed by atoms with van der Waals surface area (Å²) in [7, 11) is 2.11. The SMILES string of the molecule is CCOCC1(COCC)CCC(c2[nH]ncc2CN(C)CCN)CC1. The summed E-state index contributed by atoms with van der Waals surface area (Å²) >= 11 is 0. The van der Waals surface area contributed by atoms with Crippen molar-refractivity contribution in [1.82, 2.24) is 15.1 Å². The molecular formula is C19H36N4O2. The van der Waals surface area contributed by atoms with E-state index in [4.69, 9.17) is 15.2 Å². The minimum Gasteiger partial charge on any atom is -0.381 e. The summed E-state index contributed by atoms with van der Waals surface area (Å²) in [5.41, 5.74) is 8.46. The van der Waals surface area contributed by atoms with Crippen LogP contribution in [0.4, 0.5) is 0 Å². The molecule has 0 aliphatic heterocycles. The first-order valence-corrected chi connectivity index (χ1v) is 9.70. The van der Waals surface area contributed by atoms with E-state index in [2.05, 4.69) is 36.0 Å². The Kier molecular flexibility index (Phi) is 8.36. The Balaban J connectivity index is 1.97. The molecule has 6 heteroatoms. The molecular weight excluding hydrogens is 316 g/mol. The van der Waals surface area contributed by atoms with Crippen molar-refractivity contribution < 1.29 is 9.47 Å².